The van der Waals surface area contributed by atoms with Crippen molar-refractivity contribution in [3.8, 4) is 11.5 Å². The summed E-state index contributed by atoms with van der Waals surface area (Å²) in [4.78, 5) is 33.8. The van der Waals surface area contributed by atoms with E-state index in [1.165, 1.54) is 36.9 Å². The molecule has 0 aliphatic rings. The first kappa shape index (κ1) is 21.7. The van der Waals surface area contributed by atoms with Crippen LogP contribution >= 0.6 is 22.7 Å². The smallest absolute Gasteiger partial charge is 0.257 e. The van der Waals surface area contributed by atoms with E-state index in [-0.39, 0.29) is 18.2 Å². The SMILES string of the molecule is COc1ccc(C(=O)Nc2nc(CC(=O)Nc3nc4c(C)cccc4s3)cs2)cc1OC. The Labute approximate surface area is 192 Å². The van der Waals surface area contributed by atoms with Gasteiger partial charge in [-0.2, -0.15) is 0 Å². The first-order valence-electron chi connectivity index (χ1n) is 9.60. The average molecular weight is 469 g/mol. The zero-order valence-corrected chi connectivity index (χ0v) is 19.2. The van der Waals surface area contributed by atoms with Gasteiger partial charge in [-0.05, 0) is 36.8 Å². The molecule has 164 valence electrons. The molecule has 2 aromatic carbocycles. The molecule has 4 aromatic rings. The van der Waals surface area contributed by atoms with Crippen molar-refractivity contribution in [1.82, 2.24) is 9.97 Å². The van der Waals surface area contributed by atoms with Gasteiger partial charge in [0.25, 0.3) is 5.91 Å². The Balaban J connectivity index is 1.38. The lowest BCUT2D eigenvalue weighted by molar-refractivity contribution is -0.115. The summed E-state index contributed by atoms with van der Waals surface area (Å²) in [6.07, 6.45) is 0.0810. The average Bonchev–Trinajstić information content (AvgIpc) is 3.40. The number of carbonyl (C=O) groups is 2. The molecule has 2 heterocycles. The lowest BCUT2D eigenvalue weighted by Crippen LogP contribution is -2.15. The van der Waals surface area contributed by atoms with Gasteiger partial charge >= 0.3 is 0 Å². The number of fused-ring (bicyclic) bond motifs is 1. The second-order valence-electron chi connectivity index (χ2n) is 6.83. The number of nitrogens with zero attached hydrogens (tertiary/aromatic N) is 2. The highest BCUT2D eigenvalue weighted by Gasteiger charge is 2.15. The number of methoxy groups -OCH3 is 2. The number of carbonyl (C=O) groups excluding carboxylic acids is 2. The Morgan fingerprint density at radius 1 is 1.00 bits per heavy atom. The maximum absolute atomic E-state index is 12.5. The fourth-order valence-corrected chi connectivity index (χ4v) is 4.73. The van der Waals surface area contributed by atoms with Gasteiger partial charge in [0.2, 0.25) is 5.91 Å². The Morgan fingerprint density at radius 2 is 1.81 bits per heavy atom. The first-order valence-corrected chi connectivity index (χ1v) is 11.3. The van der Waals surface area contributed by atoms with E-state index in [4.69, 9.17) is 9.47 Å². The summed E-state index contributed by atoms with van der Waals surface area (Å²) in [5, 5.41) is 8.27. The summed E-state index contributed by atoms with van der Waals surface area (Å²) in [5.41, 5.74) is 2.92. The van der Waals surface area contributed by atoms with Crippen molar-refractivity contribution in [2.24, 2.45) is 0 Å². The van der Waals surface area contributed by atoms with Gasteiger partial charge in [-0.3, -0.25) is 14.9 Å². The highest BCUT2D eigenvalue weighted by atomic mass is 32.1. The van der Waals surface area contributed by atoms with Crippen LogP contribution in [0.25, 0.3) is 10.2 Å². The molecule has 0 fully saturated rings. The van der Waals surface area contributed by atoms with E-state index in [9.17, 15) is 9.59 Å². The minimum absolute atomic E-state index is 0.0810. The second-order valence-corrected chi connectivity index (χ2v) is 8.72. The predicted molar refractivity (Wildman–Crippen MR) is 126 cm³/mol. The predicted octanol–water partition coefficient (Wildman–Crippen LogP) is 4.51. The van der Waals surface area contributed by atoms with E-state index < -0.39 is 0 Å². The molecule has 2 amide bonds. The Morgan fingerprint density at radius 3 is 2.56 bits per heavy atom. The summed E-state index contributed by atoms with van der Waals surface area (Å²) in [5.74, 6) is 0.447. The quantitative estimate of drug-likeness (QED) is 0.414. The molecule has 4 rings (SSSR count). The molecule has 0 radical (unpaired) electrons. The Hall–Kier alpha value is -3.50. The molecule has 32 heavy (non-hydrogen) atoms. The number of thiazole rings is 2. The number of hydrogen-bond donors (Lipinski definition) is 2. The summed E-state index contributed by atoms with van der Waals surface area (Å²) in [6, 6.07) is 10.8. The van der Waals surface area contributed by atoms with E-state index in [1.54, 1.807) is 23.6 Å². The standard InChI is InChI=1S/C22H20N4O4S2/c1-12-5-4-6-17-19(12)25-22(32-17)24-18(27)10-14-11-31-21(23-14)26-20(28)13-7-8-15(29-2)16(9-13)30-3/h4-9,11H,10H2,1-3H3,(H,23,26,28)(H,24,25,27). The van der Waals surface area contributed by atoms with Crippen LogP contribution in [0.5, 0.6) is 11.5 Å². The van der Waals surface area contributed by atoms with Crippen LogP contribution in [-0.4, -0.2) is 36.0 Å². The van der Waals surface area contributed by atoms with Gasteiger partial charge in [0.1, 0.15) is 0 Å². The maximum atomic E-state index is 12.5. The number of aromatic nitrogens is 2. The fourth-order valence-electron chi connectivity index (χ4n) is 3.06. The molecule has 0 saturated carbocycles. The number of aryl methyl sites for hydroxylation is 1. The van der Waals surface area contributed by atoms with Gasteiger partial charge < -0.3 is 14.8 Å². The van der Waals surface area contributed by atoms with Crippen LogP contribution in [0, 0.1) is 6.92 Å². The molecule has 0 bridgehead atoms. The van der Waals surface area contributed by atoms with Gasteiger partial charge in [-0.1, -0.05) is 23.5 Å². The number of benzene rings is 2. The zero-order chi connectivity index (χ0) is 22.7. The van der Waals surface area contributed by atoms with Crippen LogP contribution in [0.2, 0.25) is 0 Å². The van der Waals surface area contributed by atoms with E-state index in [0.717, 1.165) is 15.8 Å². The van der Waals surface area contributed by atoms with Gasteiger partial charge in [-0.15, -0.1) is 11.3 Å². The van der Waals surface area contributed by atoms with E-state index >= 15 is 0 Å². The lowest BCUT2D eigenvalue weighted by Gasteiger charge is -2.09. The summed E-state index contributed by atoms with van der Waals surface area (Å²) >= 11 is 2.68. The monoisotopic (exact) mass is 468 g/mol. The molecular weight excluding hydrogens is 448 g/mol. The molecular formula is C22H20N4O4S2. The number of hydrogen-bond acceptors (Lipinski definition) is 8. The highest BCUT2D eigenvalue weighted by Crippen LogP contribution is 2.29. The van der Waals surface area contributed by atoms with Gasteiger partial charge in [-0.25, -0.2) is 9.97 Å². The van der Waals surface area contributed by atoms with Crippen LogP contribution in [0.4, 0.5) is 10.3 Å². The molecule has 2 aromatic heterocycles. The van der Waals surface area contributed by atoms with Gasteiger partial charge in [0, 0.05) is 10.9 Å². The summed E-state index contributed by atoms with van der Waals surface area (Å²) in [6.45, 7) is 1.99. The van der Waals surface area contributed by atoms with E-state index in [1.807, 2.05) is 25.1 Å². The third kappa shape index (κ3) is 4.71. The minimum atomic E-state index is -0.332. The first-order chi connectivity index (χ1) is 15.5. The van der Waals surface area contributed by atoms with Crippen molar-refractivity contribution in [2.45, 2.75) is 13.3 Å². The molecule has 2 N–H and O–H groups in total. The lowest BCUT2D eigenvalue weighted by atomic mass is 10.2. The summed E-state index contributed by atoms with van der Waals surface area (Å²) in [7, 11) is 3.04. The van der Waals surface area contributed by atoms with Crippen molar-refractivity contribution >= 4 is 55.0 Å². The van der Waals surface area contributed by atoms with Crippen LogP contribution in [0.15, 0.2) is 41.8 Å². The summed E-state index contributed by atoms with van der Waals surface area (Å²) < 4.78 is 11.4. The topological polar surface area (TPSA) is 102 Å². The Kier molecular flexibility index (Phi) is 6.33. The van der Waals surface area contributed by atoms with Crippen molar-refractivity contribution in [1.29, 1.82) is 0 Å². The number of nitrogens with one attached hydrogen (secondary N) is 2. The second kappa shape index (κ2) is 9.33. The molecule has 0 unspecified atom stereocenters. The van der Waals surface area contributed by atoms with Crippen LogP contribution < -0.4 is 20.1 Å². The number of ether oxygens (including phenoxy) is 2. The van der Waals surface area contributed by atoms with Gasteiger partial charge in [0.15, 0.2) is 21.8 Å². The van der Waals surface area contributed by atoms with Crippen molar-refractivity contribution in [2.75, 3.05) is 24.9 Å². The van der Waals surface area contributed by atoms with E-state index in [0.29, 0.717) is 33.0 Å². The minimum Gasteiger partial charge on any atom is -0.493 e. The van der Waals surface area contributed by atoms with Crippen LogP contribution in [-0.2, 0) is 11.2 Å². The fraction of sp³-hybridized carbons (Fsp3) is 0.182. The van der Waals surface area contributed by atoms with Crippen LogP contribution in [0.1, 0.15) is 21.6 Å². The molecule has 0 saturated heterocycles. The number of amides is 2. The highest BCUT2D eigenvalue weighted by molar-refractivity contribution is 7.22. The third-order valence-corrected chi connectivity index (χ3v) is 6.37. The zero-order valence-electron chi connectivity index (χ0n) is 17.6. The van der Waals surface area contributed by atoms with Crippen molar-refractivity contribution in [3.63, 3.8) is 0 Å². The number of rotatable bonds is 7. The molecule has 0 spiro atoms. The number of para-hydroxylation sites is 1. The molecule has 0 atom stereocenters. The molecule has 8 nitrogen and oxygen atoms in total. The molecule has 0 aliphatic carbocycles. The van der Waals surface area contributed by atoms with Crippen molar-refractivity contribution in [3.05, 3.63) is 58.6 Å². The molecule has 0 aliphatic heterocycles. The normalized spacial score (nSPS) is 10.7. The van der Waals surface area contributed by atoms with Crippen molar-refractivity contribution < 1.29 is 19.1 Å². The third-order valence-electron chi connectivity index (χ3n) is 4.63. The Bertz CT molecular complexity index is 1300. The van der Waals surface area contributed by atoms with Crippen LogP contribution in [0.3, 0.4) is 0 Å². The largest absolute Gasteiger partial charge is 0.493 e. The van der Waals surface area contributed by atoms with E-state index in [2.05, 4.69) is 20.6 Å². The van der Waals surface area contributed by atoms with Gasteiger partial charge in [0.05, 0.1) is 36.6 Å². The number of anilines is 2. The maximum Gasteiger partial charge on any atom is 0.257 e. The molecule has 10 heteroatoms.